The third-order valence-electron chi connectivity index (χ3n) is 5.62. The van der Waals surface area contributed by atoms with Gasteiger partial charge >= 0.3 is 0 Å². The number of rotatable bonds is 6. The lowest BCUT2D eigenvalue weighted by atomic mass is 10.0. The van der Waals surface area contributed by atoms with Crippen LogP contribution in [0.4, 0.5) is 5.69 Å². The predicted molar refractivity (Wildman–Crippen MR) is 123 cm³/mol. The summed E-state index contributed by atoms with van der Waals surface area (Å²) >= 11 is 6.05. The van der Waals surface area contributed by atoms with E-state index in [2.05, 4.69) is 10.3 Å². The number of anilines is 1. The van der Waals surface area contributed by atoms with Gasteiger partial charge in [0.15, 0.2) is 0 Å². The second kappa shape index (κ2) is 9.35. The van der Waals surface area contributed by atoms with E-state index < -0.39 is 6.04 Å². The molecule has 1 saturated heterocycles. The molecule has 1 aromatic heterocycles. The quantitative estimate of drug-likeness (QED) is 0.590. The lowest BCUT2D eigenvalue weighted by Crippen LogP contribution is -2.52. The molecule has 0 bridgehead atoms. The first-order valence-electron chi connectivity index (χ1n) is 10.4. The van der Waals surface area contributed by atoms with E-state index in [1.165, 1.54) is 0 Å². The number of pyridine rings is 1. The third-order valence-corrected chi connectivity index (χ3v) is 5.86. The van der Waals surface area contributed by atoms with Crippen LogP contribution in [0.3, 0.4) is 0 Å². The molecule has 3 aromatic rings. The van der Waals surface area contributed by atoms with Gasteiger partial charge in [0.25, 0.3) is 0 Å². The zero-order valence-corrected chi connectivity index (χ0v) is 18.2. The number of aromatic nitrogens is 1. The lowest BCUT2D eigenvalue weighted by molar-refractivity contribution is -0.150. The van der Waals surface area contributed by atoms with Gasteiger partial charge in [0, 0.05) is 55.4 Å². The number of hydrogen-bond acceptors (Lipinski definition) is 4. The highest BCUT2D eigenvalue weighted by atomic mass is 35.5. The molecule has 0 saturated carbocycles. The average Bonchev–Trinajstić information content (AvgIpc) is 2.78. The van der Waals surface area contributed by atoms with Gasteiger partial charge in [0.1, 0.15) is 6.04 Å². The Balaban J connectivity index is 1.39. The molecule has 0 aliphatic carbocycles. The first-order chi connectivity index (χ1) is 15.0. The van der Waals surface area contributed by atoms with Crippen molar-refractivity contribution in [2.24, 2.45) is 0 Å². The summed E-state index contributed by atoms with van der Waals surface area (Å²) in [7, 11) is 1.79. The number of piperazine rings is 1. The van der Waals surface area contributed by atoms with Crippen molar-refractivity contribution in [1.82, 2.24) is 14.8 Å². The van der Waals surface area contributed by atoms with E-state index in [1.807, 2.05) is 54.6 Å². The Kier molecular flexibility index (Phi) is 6.37. The van der Waals surface area contributed by atoms with Crippen LogP contribution in [0.25, 0.3) is 10.9 Å². The molecule has 7 heteroatoms. The normalized spacial score (nSPS) is 16.6. The molecule has 1 N–H and O–H groups in total. The molecular formula is C24H25ClN4O2. The van der Waals surface area contributed by atoms with Crippen LogP contribution in [0.1, 0.15) is 24.4 Å². The first kappa shape index (κ1) is 21.1. The first-order valence-corrected chi connectivity index (χ1v) is 10.8. The number of halogens is 1. The predicted octanol–water partition coefficient (Wildman–Crippen LogP) is 4.12. The van der Waals surface area contributed by atoms with E-state index in [4.69, 9.17) is 11.6 Å². The van der Waals surface area contributed by atoms with E-state index in [9.17, 15) is 9.59 Å². The zero-order chi connectivity index (χ0) is 21.8. The van der Waals surface area contributed by atoms with Crippen LogP contribution < -0.4 is 5.32 Å². The highest BCUT2D eigenvalue weighted by Gasteiger charge is 2.36. The van der Waals surface area contributed by atoms with Gasteiger partial charge in [-0.2, -0.15) is 0 Å². The second-order valence-electron chi connectivity index (χ2n) is 7.71. The largest absolute Gasteiger partial charge is 0.384 e. The van der Waals surface area contributed by atoms with Gasteiger partial charge < -0.3 is 15.1 Å². The Bertz CT molecular complexity index is 1090. The van der Waals surface area contributed by atoms with Gasteiger partial charge in [-0.3, -0.25) is 14.6 Å². The Labute approximate surface area is 186 Å². The summed E-state index contributed by atoms with van der Waals surface area (Å²) in [4.78, 5) is 33.6. The molecule has 0 radical (unpaired) electrons. The number of carbonyl (C=O) groups is 2. The topological polar surface area (TPSA) is 65.5 Å². The molecule has 1 aliphatic rings. The maximum atomic E-state index is 13.0. The maximum Gasteiger partial charge on any atom is 0.249 e. The molecule has 6 nitrogen and oxygen atoms in total. The summed E-state index contributed by atoms with van der Waals surface area (Å²) in [6.07, 6.45) is 2.78. The van der Waals surface area contributed by atoms with Crippen molar-refractivity contribution in [2.45, 2.75) is 18.9 Å². The molecule has 2 aromatic carbocycles. The Morgan fingerprint density at radius 1 is 1.16 bits per heavy atom. The van der Waals surface area contributed by atoms with E-state index in [1.54, 1.807) is 23.0 Å². The van der Waals surface area contributed by atoms with Crippen molar-refractivity contribution >= 4 is 40.0 Å². The van der Waals surface area contributed by atoms with Crippen molar-refractivity contribution in [1.29, 1.82) is 0 Å². The van der Waals surface area contributed by atoms with Gasteiger partial charge in [-0.25, -0.2) is 0 Å². The van der Waals surface area contributed by atoms with Crippen molar-refractivity contribution < 1.29 is 9.59 Å². The number of amides is 2. The monoisotopic (exact) mass is 436 g/mol. The Morgan fingerprint density at radius 2 is 1.97 bits per heavy atom. The van der Waals surface area contributed by atoms with Gasteiger partial charge in [0.2, 0.25) is 11.8 Å². The Morgan fingerprint density at radius 3 is 2.77 bits per heavy atom. The van der Waals surface area contributed by atoms with Gasteiger partial charge in [-0.1, -0.05) is 41.9 Å². The van der Waals surface area contributed by atoms with E-state index in [0.29, 0.717) is 37.5 Å². The fraction of sp³-hybridized carbons (Fsp3) is 0.292. The van der Waals surface area contributed by atoms with Gasteiger partial charge in [-0.15, -0.1) is 0 Å². The van der Waals surface area contributed by atoms with Crippen LogP contribution in [-0.2, 0) is 9.59 Å². The molecule has 31 heavy (non-hydrogen) atoms. The van der Waals surface area contributed by atoms with Crippen molar-refractivity contribution in [3.8, 4) is 0 Å². The Hall–Kier alpha value is -3.12. The average molecular weight is 437 g/mol. The number of likely N-dealkylation sites (N-methyl/N-ethyl adjacent to an activating group) is 1. The highest BCUT2D eigenvalue weighted by molar-refractivity contribution is 6.31. The summed E-state index contributed by atoms with van der Waals surface area (Å²) in [5.74, 6) is -0.0330. The molecule has 0 spiro atoms. The summed E-state index contributed by atoms with van der Waals surface area (Å²) in [5.41, 5.74) is 2.65. The second-order valence-corrected chi connectivity index (χ2v) is 8.15. The molecule has 2 heterocycles. The summed E-state index contributed by atoms with van der Waals surface area (Å²) < 4.78 is 0. The van der Waals surface area contributed by atoms with Crippen LogP contribution in [-0.4, -0.2) is 53.3 Å². The van der Waals surface area contributed by atoms with Crippen LogP contribution >= 0.6 is 11.6 Å². The number of nitrogens with one attached hydrogen (secondary N) is 1. The summed E-state index contributed by atoms with van der Waals surface area (Å²) in [6, 6.07) is 16.5. The van der Waals surface area contributed by atoms with Crippen molar-refractivity contribution in [3.63, 3.8) is 0 Å². The van der Waals surface area contributed by atoms with Crippen LogP contribution in [0.5, 0.6) is 0 Å². The molecule has 2 amide bonds. The number of fused-ring (bicyclic) bond motifs is 1. The van der Waals surface area contributed by atoms with Crippen LogP contribution in [0.15, 0.2) is 60.8 Å². The number of benzene rings is 2. The standard InChI is InChI=1S/C24H25ClN4O2/c1-28-14-15-29(23(24(28)31)17-6-3-2-4-7-17)22(30)8-5-12-26-20-11-13-27-21-16-18(25)9-10-19(20)21/h2-4,6-7,9-11,13,16,23H,5,8,12,14-15H2,1H3,(H,26,27). The smallest absolute Gasteiger partial charge is 0.249 e. The number of carbonyl (C=O) groups excluding carboxylic acids is 2. The van der Waals surface area contributed by atoms with Crippen molar-refractivity contribution in [3.05, 3.63) is 71.4 Å². The van der Waals surface area contributed by atoms with E-state index >= 15 is 0 Å². The summed E-state index contributed by atoms with van der Waals surface area (Å²) in [6.45, 7) is 1.74. The van der Waals surface area contributed by atoms with Gasteiger partial charge in [0.05, 0.1) is 5.52 Å². The lowest BCUT2D eigenvalue weighted by Gasteiger charge is -2.39. The van der Waals surface area contributed by atoms with Crippen LogP contribution in [0, 0.1) is 0 Å². The third kappa shape index (κ3) is 4.64. The minimum atomic E-state index is -0.547. The van der Waals surface area contributed by atoms with Crippen LogP contribution in [0.2, 0.25) is 5.02 Å². The fourth-order valence-electron chi connectivity index (χ4n) is 3.95. The summed E-state index contributed by atoms with van der Waals surface area (Å²) in [5, 5.41) is 5.04. The molecule has 1 atom stereocenters. The van der Waals surface area contributed by atoms with Crippen molar-refractivity contribution in [2.75, 3.05) is 32.0 Å². The molecule has 1 unspecified atom stereocenters. The van der Waals surface area contributed by atoms with Gasteiger partial charge in [-0.05, 0) is 36.2 Å². The minimum absolute atomic E-state index is 0.00321. The minimum Gasteiger partial charge on any atom is -0.384 e. The van der Waals surface area contributed by atoms with E-state index in [-0.39, 0.29) is 11.8 Å². The fourth-order valence-corrected chi connectivity index (χ4v) is 4.11. The SMILES string of the molecule is CN1CCN(C(=O)CCCNc2ccnc3cc(Cl)ccc23)C(c2ccccc2)C1=O. The molecular weight excluding hydrogens is 412 g/mol. The van der Waals surface area contributed by atoms with E-state index in [0.717, 1.165) is 22.2 Å². The molecule has 1 aliphatic heterocycles. The highest BCUT2D eigenvalue weighted by Crippen LogP contribution is 2.27. The maximum absolute atomic E-state index is 13.0. The molecule has 160 valence electrons. The molecule has 1 fully saturated rings. The zero-order valence-electron chi connectivity index (χ0n) is 17.4. The molecule has 4 rings (SSSR count). The number of hydrogen-bond donors (Lipinski definition) is 1. The number of nitrogens with zero attached hydrogens (tertiary/aromatic N) is 3.